The van der Waals surface area contributed by atoms with Crippen LogP contribution in [0, 0.1) is 5.92 Å². The highest BCUT2D eigenvalue weighted by molar-refractivity contribution is 5.27. The number of rotatable bonds is 4. The Hall–Kier alpha value is -1.08. The normalized spacial score (nSPS) is 17.1. The van der Waals surface area contributed by atoms with Gasteiger partial charge in [0.05, 0.1) is 5.60 Å². The second-order valence-corrected chi connectivity index (χ2v) is 4.50. The van der Waals surface area contributed by atoms with Crippen LogP contribution in [0.2, 0.25) is 0 Å². The topological polar surface area (TPSA) is 20.2 Å². The van der Waals surface area contributed by atoms with Crippen molar-refractivity contribution in [2.24, 2.45) is 5.92 Å². The van der Waals surface area contributed by atoms with Crippen molar-refractivity contribution < 1.29 is 5.11 Å². The molecule has 2 atom stereocenters. The number of hydrogen-bond donors (Lipinski definition) is 1. The van der Waals surface area contributed by atoms with Gasteiger partial charge in [-0.3, -0.25) is 0 Å². The summed E-state index contributed by atoms with van der Waals surface area (Å²) in [5.41, 5.74) is 0.370. The lowest BCUT2D eigenvalue weighted by Gasteiger charge is -2.35. The third kappa shape index (κ3) is 2.48. The minimum absolute atomic E-state index is 0.0151. The van der Waals surface area contributed by atoms with E-state index in [1.54, 1.807) is 0 Å². The second-order valence-electron chi connectivity index (χ2n) is 4.50. The fraction of sp³-hybridized carbons (Fsp3) is 0.429. The molecule has 0 radical (unpaired) electrons. The lowest BCUT2D eigenvalue weighted by Crippen LogP contribution is -2.37. The summed E-state index contributed by atoms with van der Waals surface area (Å²) in [6.45, 7) is 9.75. The average molecular weight is 204 g/mol. The molecule has 0 saturated carbocycles. The summed E-state index contributed by atoms with van der Waals surface area (Å²) in [6.07, 6.45) is 1.83. The van der Waals surface area contributed by atoms with Gasteiger partial charge in [-0.05, 0) is 18.4 Å². The first-order chi connectivity index (χ1) is 7.00. The molecule has 15 heavy (non-hydrogen) atoms. The van der Waals surface area contributed by atoms with Crippen molar-refractivity contribution >= 4 is 0 Å². The number of benzene rings is 1. The lowest BCUT2D eigenvalue weighted by molar-refractivity contribution is -0.000102. The Labute approximate surface area is 92.5 Å². The molecule has 0 aliphatic rings. The van der Waals surface area contributed by atoms with Crippen LogP contribution in [0.25, 0.3) is 0 Å². The predicted octanol–water partition coefficient (Wildman–Crippen LogP) is 3.36. The van der Waals surface area contributed by atoms with Gasteiger partial charge in [-0.25, -0.2) is 0 Å². The van der Waals surface area contributed by atoms with Crippen molar-refractivity contribution in [3.63, 3.8) is 0 Å². The van der Waals surface area contributed by atoms with E-state index < -0.39 is 5.60 Å². The van der Waals surface area contributed by atoms with E-state index in [1.807, 2.05) is 57.2 Å². The summed E-state index contributed by atoms with van der Waals surface area (Å²) < 4.78 is 0. The summed E-state index contributed by atoms with van der Waals surface area (Å²) >= 11 is 0. The SMILES string of the molecule is C=C[C@H](c1ccccc1)[C@](C)(O)C(C)C. The fourth-order valence-corrected chi connectivity index (χ4v) is 1.73. The molecule has 0 fully saturated rings. The van der Waals surface area contributed by atoms with Crippen LogP contribution in [0.4, 0.5) is 0 Å². The molecule has 0 aliphatic heterocycles. The zero-order valence-electron chi connectivity index (χ0n) is 9.77. The quantitative estimate of drug-likeness (QED) is 0.746. The molecule has 0 bridgehead atoms. The molecule has 0 unspecified atom stereocenters. The summed E-state index contributed by atoms with van der Waals surface area (Å²) in [6, 6.07) is 10.0. The van der Waals surface area contributed by atoms with Gasteiger partial charge in [0.1, 0.15) is 0 Å². The summed E-state index contributed by atoms with van der Waals surface area (Å²) in [5.74, 6) is 0.180. The van der Waals surface area contributed by atoms with Crippen LogP contribution in [0.1, 0.15) is 32.3 Å². The molecular formula is C14H20O. The largest absolute Gasteiger partial charge is 0.389 e. The average Bonchev–Trinajstić information content (AvgIpc) is 2.19. The Balaban J connectivity index is 3.05. The van der Waals surface area contributed by atoms with E-state index in [-0.39, 0.29) is 11.8 Å². The molecule has 82 valence electrons. The lowest BCUT2D eigenvalue weighted by atomic mass is 9.76. The molecule has 1 nitrogen and oxygen atoms in total. The molecule has 0 saturated heterocycles. The first-order valence-corrected chi connectivity index (χ1v) is 5.40. The third-order valence-corrected chi connectivity index (χ3v) is 3.19. The fourth-order valence-electron chi connectivity index (χ4n) is 1.73. The molecule has 0 spiro atoms. The van der Waals surface area contributed by atoms with Crippen LogP contribution < -0.4 is 0 Å². The Morgan fingerprint density at radius 2 is 1.80 bits per heavy atom. The van der Waals surface area contributed by atoms with Crippen molar-refractivity contribution in [3.05, 3.63) is 48.6 Å². The zero-order chi connectivity index (χ0) is 11.5. The predicted molar refractivity (Wildman–Crippen MR) is 64.8 cm³/mol. The van der Waals surface area contributed by atoms with Crippen molar-refractivity contribution in [2.45, 2.75) is 32.3 Å². The summed E-state index contributed by atoms with van der Waals surface area (Å²) in [7, 11) is 0. The van der Waals surface area contributed by atoms with Crippen LogP contribution in [0.15, 0.2) is 43.0 Å². The van der Waals surface area contributed by atoms with E-state index in [2.05, 4.69) is 6.58 Å². The summed E-state index contributed by atoms with van der Waals surface area (Å²) in [5, 5.41) is 10.4. The van der Waals surface area contributed by atoms with E-state index in [0.717, 1.165) is 5.56 Å². The highest BCUT2D eigenvalue weighted by atomic mass is 16.3. The van der Waals surface area contributed by atoms with E-state index in [4.69, 9.17) is 0 Å². The zero-order valence-corrected chi connectivity index (χ0v) is 9.77. The van der Waals surface area contributed by atoms with Crippen LogP contribution in [-0.2, 0) is 0 Å². The van der Waals surface area contributed by atoms with Crippen molar-refractivity contribution in [1.82, 2.24) is 0 Å². The van der Waals surface area contributed by atoms with Gasteiger partial charge in [-0.2, -0.15) is 0 Å². The Morgan fingerprint density at radius 1 is 1.27 bits per heavy atom. The molecule has 0 aromatic heterocycles. The van der Waals surface area contributed by atoms with Gasteiger partial charge in [-0.15, -0.1) is 6.58 Å². The van der Waals surface area contributed by atoms with Gasteiger partial charge < -0.3 is 5.11 Å². The maximum atomic E-state index is 10.4. The van der Waals surface area contributed by atoms with Crippen LogP contribution >= 0.6 is 0 Å². The molecular weight excluding hydrogens is 184 g/mol. The molecule has 0 heterocycles. The molecule has 0 amide bonds. The maximum Gasteiger partial charge on any atom is 0.0745 e. The van der Waals surface area contributed by atoms with Gasteiger partial charge in [-0.1, -0.05) is 50.3 Å². The van der Waals surface area contributed by atoms with Gasteiger partial charge in [0.15, 0.2) is 0 Å². The van der Waals surface area contributed by atoms with Crippen molar-refractivity contribution in [1.29, 1.82) is 0 Å². The van der Waals surface area contributed by atoms with Crippen LogP contribution in [0.3, 0.4) is 0 Å². The Morgan fingerprint density at radius 3 is 2.20 bits per heavy atom. The van der Waals surface area contributed by atoms with Crippen LogP contribution in [0.5, 0.6) is 0 Å². The van der Waals surface area contributed by atoms with E-state index in [9.17, 15) is 5.11 Å². The van der Waals surface area contributed by atoms with Crippen molar-refractivity contribution in [2.75, 3.05) is 0 Å². The smallest absolute Gasteiger partial charge is 0.0745 e. The highest BCUT2D eigenvalue weighted by Gasteiger charge is 2.33. The maximum absolute atomic E-state index is 10.4. The van der Waals surface area contributed by atoms with Crippen molar-refractivity contribution in [3.8, 4) is 0 Å². The van der Waals surface area contributed by atoms with E-state index in [1.165, 1.54) is 0 Å². The Kier molecular flexibility index (Phi) is 3.70. The second kappa shape index (κ2) is 4.63. The molecule has 1 rings (SSSR count). The highest BCUT2D eigenvalue weighted by Crippen LogP contribution is 2.34. The van der Waals surface area contributed by atoms with Gasteiger partial charge in [0.25, 0.3) is 0 Å². The standard InChI is InChI=1S/C14H20O/c1-5-13(14(4,15)11(2)3)12-9-7-6-8-10-12/h5-11,13,15H,1H2,2-4H3/t13-,14-/m1/s1. The van der Waals surface area contributed by atoms with Crippen LogP contribution in [-0.4, -0.2) is 10.7 Å². The van der Waals surface area contributed by atoms with Gasteiger partial charge in [0, 0.05) is 5.92 Å². The molecule has 0 aliphatic carbocycles. The molecule has 1 N–H and O–H groups in total. The van der Waals surface area contributed by atoms with Gasteiger partial charge >= 0.3 is 0 Å². The monoisotopic (exact) mass is 204 g/mol. The van der Waals surface area contributed by atoms with Gasteiger partial charge in [0.2, 0.25) is 0 Å². The van der Waals surface area contributed by atoms with E-state index in [0.29, 0.717) is 0 Å². The number of hydrogen-bond acceptors (Lipinski definition) is 1. The molecule has 1 heteroatoms. The number of aliphatic hydroxyl groups is 1. The first kappa shape index (κ1) is 12.0. The molecule has 1 aromatic carbocycles. The third-order valence-electron chi connectivity index (χ3n) is 3.19. The van der Waals surface area contributed by atoms with E-state index >= 15 is 0 Å². The Bertz CT molecular complexity index is 311. The first-order valence-electron chi connectivity index (χ1n) is 5.40. The minimum atomic E-state index is -0.747. The minimum Gasteiger partial charge on any atom is -0.389 e. The summed E-state index contributed by atoms with van der Waals surface area (Å²) in [4.78, 5) is 0. The molecule has 1 aromatic rings.